The first-order valence-corrected chi connectivity index (χ1v) is 12.2. The Balaban J connectivity index is 0.000000227. The van der Waals surface area contributed by atoms with E-state index in [2.05, 4.69) is 9.98 Å². The van der Waals surface area contributed by atoms with Gasteiger partial charge in [0.15, 0.2) is 26.3 Å². The molecule has 2 heterocycles. The second-order valence-electron chi connectivity index (χ2n) is 6.42. The minimum absolute atomic E-state index is 0.178. The molecule has 32 heavy (non-hydrogen) atoms. The molecule has 0 bridgehead atoms. The van der Waals surface area contributed by atoms with Crippen molar-refractivity contribution in [2.75, 3.05) is 26.3 Å². The number of benzene rings is 2. The summed E-state index contributed by atoms with van der Waals surface area (Å²) in [7, 11) is -8.54. The molecule has 0 atom stereocenters. The number of nitrogens with one attached hydrogen (secondary N) is 2. The van der Waals surface area contributed by atoms with Crippen LogP contribution in [0.15, 0.2) is 58.3 Å². The molecule has 0 aliphatic carbocycles. The number of hydrogen-bond donors (Lipinski definition) is 2. The molecule has 2 aromatic carbocycles. The number of ether oxygens (including phenoxy) is 2. The maximum atomic E-state index is 10.4. The van der Waals surface area contributed by atoms with E-state index in [1.165, 1.54) is 24.3 Å². The molecule has 2 N–H and O–H groups in total. The Kier molecular flexibility index (Phi) is 11.6. The average molecular weight is 487 g/mol. The third kappa shape index (κ3) is 12.2. The van der Waals surface area contributed by atoms with Crippen LogP contribution in [0.1, 0.15) is 11.1 Å². The minimum atomic E-state index is -4.27. The van der Waals surface area contributed by atoms with E-state index >= 15 is 0 Å². The first kappa shape index (κ1) is 27.2. The molecule has 176 valence electrons. The molecule has 0 unspecified atom stereocenters. The van der Waals surface area contributed by atoms with Crippen molar-refractivity contribution in [1.29, 1.82) is 0 Å². The smallest absolute Gasteiger partial charge is 0.322 e. The van der Waals surface area contributed by atoms with Crippen molar-refractivity contribution in [3.8, 4) is 0 Å². The summed E-state index contributed by atoms with van der Waals surface area (Å²) in [4.78, 5) is 5.39. The third-order valence-corrected chi connectivity index (χ3v) is 5.38. The van der Waals surface area contributed by atoms with E-state index in [1.54, 1.807) is 37.1 Å². The van der Waals surface area contributed by atoms with Gasteiger partial charge >= 0.3 is 12.8 Å². The maximum absolute atomic E-state index is 10.4. The Morgan fingerprint density at radius 1 is 0.656 bits per heavy atom. The summed E-state index contributed by atoms with van der Waals surface area (Å²) in [6.07, 6.45) is 3.22. The van der Waals surface area contributed by atoms with Gasteiger partial charge in [0.25, 0.3) is 0 Å². The molecule has 2 aliphatic heterocycles. The number of hydrogen-bond acceptors (Lipinski definition) is 8. The average Bonchev–Trinajstić information content (AvgIpc) is 3.47. The number of rotatable bonds is 2. The lowest BCUT2D eigenvalue weighted by atomic mass is 10.2. The highest BCUT2D eigenvalue weighted by molar-refractivity contribution is 7.86. The monoisotopic (exact) mass is 486 g/mol. The van der Waals surface area contributed by atoms with Crippen molar-refractivity contribution in [3.05, 3.63) is 59.7 Å². The van der Waals surface area contributed by atoms with Crippen molar-refractivity contribution >= 4 is 33.0 Å². The molecule has 0 aromatic heterocycles. The van der Waals surface area contributed by atoms with Crippen LogP contribution in [0.4, 0.5) is 0 Å². The molecule has 0 radical (unpaired) electrons. The molecule has 2 aliphatic rings. The fourth-order valence-electron chi connectivity index (χ4n) is 2.00. The van der Waals surface area contributed by atoms with Gasteiger partial charge in [0, 0.05) is 0 Å². The van der Waals surface area contributed by atoms with Crippen molar-refractivity contribution < 1.29 is 45.4 Å². The van der Waals surface area contributed by atoms with Gasteiger partial charge in [0.2, 0.25) is 0 Å². The Morgan fingerprint density at radius 2 is 0.969 bits per heavy atom. The van der Waals surface area contributed by atoms with Gasteiger partial charge in [0.1, 0.15) is 20.2 Å². The molecule has 10 nitrogen and oxygen atoms in total. The van der Waals surface area contributed by atoms with Gasteiger partial charge < -0.3 is 18.6 Å². The lowest BCUT2D eigenvalue weighted by Crippen LogP contribution is -2.66. The normalized spacial score (nSPS) is 13.9. The van der Waals surface area contributed by atoms with E-state index in [-0.39, 0.29) is 9.79 Å². The molecule has 0 saturated heterocycles. The van der Waals surface area contributed by atoms with Crippen LogP contribution in [0, 0.1) is 13.8 Å². The van der Waals surface area contributed by atoms with E-state index in [4.69, 9.17) is 9.47 Å². The fraction of sp³-hybridized carbons (Fsp3) is 0.300. The largest absolute Gasteiger partial charge is 0.744 e. The zero-order chi connectivity index (χ0) is 24.0. The molecular weight excluding hydrogens is 460 g/mol. The summed E-state index contributed by atoms with van der Waals surface area (Å²) in [5, 5.41) is 0. The summed E-state index contributed by atoms with van der Waals surface area (Å²) >= 11 is 0. The van der Waals surface area contributed by atoms with E-state index in [0.717, 1.165) is 37.4 Å². The van der Waals surface area contributed by atoms with Crippen LogP contribution in [0.25, 0.3) is 0 Å². The van der Waals surface area contributed by atoms with Gasteiger partial charge in [-0.1, -0.05) is 35.4 Å². The molecule has 0 saturated carbocycles. The third-order valence-electron chi connectivity index (χ3n) is 3.68. The topological polar surface area (TPSA) is 161 Å². The second-order valence-corrected chi connectivity index (χ2v) is 9.18. The minimum Gasteiger partial charge on any atom is -0.744 e. The predicted octanol–water partition coefficient (Wildman–Crippen LogP) is -1.95. The van der Waals surface area contributed by atoms with E-state index in [1.807, 2.05) is 13.8 Å². The molecule has 0 amide bonds. The van der Waals surface area contributed by atoms with Crippen molar-refractivity contribution in [2.24, 2.45) is 0 Å². The highest BCUT2D eigenvalue weighted by atomic mass is 32.2. The lowest BCUT2D eigenvalue weighted by Gasteiger charge is -2.05. The van der Waals surface area contributed by atoms with Crippen molar-refractivity contribution in [1.82, 2.24) is 0 Å². The Bertz CT molecular complexity index is 978. The van der Waals surface area contributed by atoms with Gasteiger partial charge in [-0.2, -0.15) is 0 Å². The van der Waals surface area contributed by atoms with Gasteiger partial charge in [-0.05, 0) is 38.1 Å². The van der Waals surface area contributed by atoms with Crippen LogP contribution in [0.5, 0.6) is 0 Å². The summed E-state index contributed by atoms with van der Waals surface area (Å²) in [5.74, 6) is 0. The summed E-state index contributed by atoms with van der Waals surface area (Å²) in [6.45, 7) is 7.25. The van der Waals surface area contributed by atoms with Crippen LogP contribution in [0.3, 0.4) is 0 Å². The van der Waals surface area contributed by atoms with E-state index in [9.17, 15) is 25.9 Å². The molecular formula is C20H26N2O8S2. The molecule has 2 aromatic rings. The molecule has 0 fully saturated rings. The molecule has 0 spiro atoms. The van der Waals surface area contributed by atoms with Crippen LogP contribution in [-0.2, 0) is 29.7 Å². The van der Waals surface area contributed by atoms with Gasteiger partial charge in [-0.3, -0.25) is 0 Å². The number of aryl methyl sites for hydroxylation is 2. The first-order chi connectivity index (χ1) is 15.0. The highest BCUT2D eigenvalue weighted by Gasteiger charge is 1.98. The molecule has 4 rings (SSSR count). The first-order valence-electron chi connectivity index (χ1n) is 9.38. The van der Waals surface area contributed by atoms with Gasteiger partial charge in [-0.25, -0.2) is 26.8 Å². The summed E-state index contributed by atoms with van der Waals surface area (Å²) in [6, 6.07) is 11.6. The van der Waals surface area contributed by atoms with Crippen LogP contribution >= 0.6 is 0 Å². The highest BCUT2D eigenvalue weighted by Crippen LogP contribution is 2.09. The zero-order valence-electron chi connectivity index (χ0n) is 17.7. The SMILES string of the molecule is C1=[NH+]CCO1.C1=[NH+]CCO1.Cc1ccc(S(=O)(=O)[O-])cc1.Cc1ccc(S(=O)(=O)[O-])cc1. The van der Waals surface area contributed by atoms with E-state index in [0.29, 0.717) is 0 Å². The van der Waals surface area contributed by atoms with Gasteiger partial charge in [-0.15, -0.1) is 0 Å². The van der Waals surface area contributed by atoms with Crippen molar-refractivity contribution in [2.45, 2.75) is 23.6 Å². The Hall–Kier alpha value is -2.80. The Morgan fingerprint density at radius 3 is 1.12 bits per heavy atom. The van der Waals surface area contributed by atoms with Crippen LogP contribution in [0.2, 0.25) is 0 Å². The standard InChI is InChI=1S/2C7H8O3S.2C3H5NO/c2*1-6-2-4-7(5-3-6)11(8,9)10;2*1-2-5-3-4-1/h2*2-5H,1H3,(H,8,9,10);2*3H,1-2H2. The van der Waals surface area contributed by atoms with Gasteiger partial charge in [0.05, 0.1) is 9.79 Å². The lowest BCUT2D eigenvalue weighted by molar-refractivity contribution is -0.440. The Labute approximate surface area is 188 Å². The van der Waals surface area contributed by atoms with E-state index < -0.39 is 20.2 Å². The van der Waals surface area contributed by atoms with Crippen LogP contribution in [-0.4, -0.2) is 65.0 Å². The second kappa shape index (κ2) is 13.6. The predicted molar refractivity (Wildman–Crippen MR) is 114 cm³/mol. The summed E-state index contributed by atoms with van der Waals surface area (Å²) < 4.78 is 71.7. The van der Waals surface area contributed by atoms with Crippen LogP contribution < -0.4 is 9.98 Å². The van der Waals surface area contributed by atoms with Crippen molar-refractivity contribution in [3.63, 3.8) is 0 Å². The quantitative estimate of drug-likeness (QED) is 0.463. The molecule has 12 heteroatoms. The zero-order valence-corrected chi connectivity index (χ0v) is 19.3. The summed E-state index contributed by atoms with van der Waals surface area (Å²) in [5.41, 5.74) is 1.86. The fourth-order valence-corrected chi connectivity index (χ4v) is 2.94. The maximum Gasteiger partial charge on any atom is 0.322 e.